The second-order valence-electron chi connectivity index (χ2n) is 5.23. The normalized spacial score (nSPS) is 12.6. The Hall–Kier alpha value is -1.88. The molecule has 0 spiro atoms. The number of H-pyrrole nitrogens is 1. The van der Waals surface area contributed by atoms with Gasteiger partial charge in [0.25, 0.3) is 5.91 Å². The van der Waals surface area contributed by atoms with Crippen molar-refractivity contribution in [2.24, 2.45) is 0 Å². The second kappa shape index (κ2) is 6.72. The molecule has 1 aromatic carbocycles. The molecule has 0 aliphatic heterocycles. The molecule has 1 heterocycles. The van der Waals surface area contributed by atoms with Crippen molar-refractivity contribution >= 4 is 16.8 Å². The Morgan fingerprint density at radius 2 is 2.19 bits per heavy atom. The number of aromatic amines is 1. The monoisotopic (exact) mass is 292 g/mol. The Kier molecular flexibility index (Phi) is 4.96. The summed E-state index contributed by atoms with van der Waals surface area (Å²) in [5.74, 6) is -0.327. The summed E-state index contributed by atoms with van der Waals surface area (Å²) in [5, 5.41) is 0.807. The minimum atomic E-state index is -0.447. The first-order valence-corrected chi connectivity index (χ1v) is 7.15. The van der Waals surface area contributed by atoms with E-state index in [1.54, 1.807) is 24.9 Å². The number of rotatable bonds is 6. The molecule has 4 nitrogen and oxygen atoms in total. The topological polar surface area (TPSA) is 45.3 Å². The minimum absolute atomic E-state index is 0.0618. The molecule has 21 heavy (non-hydrogen) atoms. The molecule has 1 atom stereocenters. The standard InChI is InChI=1S/C16H21FN2O2/c1-4-7-21-11(2)16(20)19(3)10-14-9-12-8-13(17)5-6-15(12)18-14/h5-6,8-9,11,18H,4,7,10H2,1-3H3. The van der Waals surface area contributed by atoms with Crippen LogP contribution in [0.4, 0.5) is 4.39 Å². The van der Waals surface area contributed by atoms with Gasteiger partial charge in [-0.25, -0.2) is 4.39 Å². The van der Waals surface area contributed by atoms with Gasteiger partial charge in [-0.05, 0) is 37.6 Å². The summed E-state index contributed by atoms with van der Waals surface area (Å²) >= 11 is 0. The maximum absolute atomic E-state index is 13.2. The van der Waals surface area contributed by atoms with Crippen LogP contribution in [-0.4, -0.2) is 35.5 Å². The average molecular weight is 292 g/mol. The van der Waals surface area contributed by atoms with Crippen LogP contribution in [0.15, 0.2) is 24.3 Å². The number of ether oxygens (including phenoxy) is 1. The highest BCUT2D eigenvalue weighted by molar-refractivity contribution is 5.82. The highest BCUT2D eigenvalue weighted by Gasteiger charge is 2.18. The number of likely N-dealkylation sites (N-methyl/N-ethyl adjacent to an activating group) is 1. The molecule has 2 aromatic rings. The van der Waals surface area contributed by atoms with E-state index in [0.717, 1.165) is 23.0 Å². The van der Waals surface area contributed by atoms with Crippen LogP contribution in [0.2, 0.25) is 0 Å². The lowest BCUT2D eigenvalue weighted by Crippen LogP contribution is -2.36. The molecule has 1 unspecified atom stereocenters. The van der Waals surface area contributed by atoms with Crippen molar-refractivity contribution in [3.63, 3.8) is 0 Å². The van der Waals surface area contributed by atoms with Gasteiger partial charge >= 0.3 is 0 Å². The molecule has 0 fully saturated rings. The molecule has 2 rings (SSSR count). The number of carbonyl (C=O) groups is 1. The summed E-state index contributed by atoms with van der Waals surface area (Å²) in [5.41, 5.74) is 1.73. The lowest BCUT2D eigenvalue weighted by molar-refractivity contribution is -0.141. The first kappa shape index (κ1) is 15.5. The zero-order valence-corrected chi connectivity index (χ0v) is 12.6. The number of nitrogens with one attached hydrogen (secondary N) is 1. The molecule has 0 radical (unpaired) electrons. The van der Waals surface area contributed by atoms with Crippen molar-refractivity contribution in [2.75, 3.05) is 13.7 Å². The van der Waals surface area contributed by atoms with Gasteiger partial charge in [-0.1, -0.05) is 6.92 Å². The predicted molar refractivity (Wildman–Crippen MR) is 80.4 cm³/mol. The molecule has 1 N–H and O–H groups in total. The zero-order chi connectivity index (χ0) is 15.4. The van der Waals surface area contributed by atoms with Crippen LogP contribution >= 0.6 is 0 Å². The zero-order valence-electron chi connectivity index (χ0n) is 12.6. The number of amides is 1. The van der Waals surface area contributed by atoms with Crippen LogP contribution in [0.3, 0.4) is 0 Å². The van der Waals surface area contributed by atoms with Crippen LogP contribution in [0.25, 0.3) is 10.9 Å². The number of hydrogen-bond donors (Lipinski definition) is 1. The van der Waals surface area contributed by atoms with Crippen LogP contribution in [0, 0.1) is 5.82 Å². The molecular formula is C16H21FN2O2. The SMILES string of the molecule is CCCOC(C)C(=O)N(C)Cc1cc2cc(F)ccc2[nH]1. The Morgan fingerprint density at radius 3 is 2.90 bits per heavy atom. The van der Waals surface area contributed by atoms with Gasteiger partial charge in [-0.15, -0.1) is 0 Å². The number of nitrogens with zero attached hydrogens (tertiary/aromatic N) is 1. The van der Waals surface area contributed by atoms with Gasteiger partial charge in [0.1, 0.15) is 11.9 Å². The number of aromatic nitrogens is 1. The fourth-order valence-corrected chi connectivity index (χ4v) is 2.26. The molecule has 0 saturated heterocycles. The lowest BCUT2D eigenvalue weighted by Gasteiger charge is -2.21. The molecule has 1 aromatic heterocycles. The number of halogens is 1. The number of carbonyl (C=O) groups excluding carboxylic acids is 1. The summed E-state index contributed by atoms with van der Waals surface area (Å²) < 4.78 is 18.6. The number of fused-ring (bicyclic) bond motifs is 1. The lowest BCUT2D eigenvalue weighted by atomic mass is 10.2. The summed E-state index contributed by atoms with van der Waals surface area (Å²) in [4.78, 5) is 17.0. The van der Waals surface area contributed by atoms with E-state index < -0.39 is 6.10 Å². The molecule has 0 aliphatic rings. The van der Waals surface area contributed by atoms with Gasteiger partial charge in [-0.2, -0.15) is 0 Å². The molecule has 1 amide bonds. The van der Waals surface area contributed by atoms with Gasteiger partial charge in [0.05, 0.1) is 6.54 Å². The van der Waals surface area contributed by atoms with Crippen molar-refractivity contribution in [3.05, 3.63) is 35.8 Å². The van der Waals surface area contributed by atoms with Crippen molar-refractivity contribution < 1.29 is 13.9 Å². The molecule has 0 bridgehead atoms. The Labute approximate surface area is 123 Å². The van der Waals surface area contributed by atoms with Crippen molar-refractivity contribution in [1.29, 1.82) is 0 Å². The Balaban J connectivity index is 2.03. The van der Waals surface area contributed by atoms with E-state index in [2.05, 4.69) is 4.98 Å². The first-order chi connectivity index (χ1) is 10.0. The number of hydrogen-bond acceptors (Lipinski definition) is 2. The van der Waals surface area contributed by atoms with Gasteiger partial charge in [0.15, 0.2) is 0 Å². The van der Waals surface area contributed by atoms with Gasteiger partial charge in [-0.3, -0.25) is 4.79 Å². The van der Waals surface area contributed by atoms with Crippen molar-refractivity contribution in [1.82, 2.24) is 9.88 Å². The summed E-state index contributed by atoms with van der Waals surface area (Å²) in [7, 11) is 1.74. The maximum atomic E-state index is 13.2. The van der Waals surface area contributed by atoms with Crippen LogP contribution in [0.5, 0.6) is 0 Å². The van der Waals surface area contributed by atoms with Crippen molar-refractivity contribution in [3.8, 4) is 0 Å². The first-order valence-electron chi connectivity index (χ1n) is 7.15. The highest BCUT2D eigenvalue weighted by atomic mass is 19.1. The van der Waals surface area contributed by atoms with Gasteiger partial charge in [0, 0.05) is 30.3 Å². The molecule has 114 valence electrons. The summed E-state index contributed by atoms with van der Waals surface area (Å²) in [6.45, 7) is 4.78. The average Bonchev–Trinajstić information content (AvgIpc) is 2.84. The molecular weight excluding hydrogens is 271 g/mol. The summed E-state index contributed by atoms with van der Waals surface area (Å²) in [6.07, 6.45) is 0.436. The van der Waals surface area contributed by atoms with Crippen LogP contribution in [-0.2, 0) is 16.1 Å². The van der Waals surface area contributed by atoms with E-state index in [1.807, 2.05) is 13.0 Å². The fraction of sp³-hybridized carbons (Fsp3) is 0.438. The third-order valence-corrected chi connectivity index (χ3v) is 3.34. The summed E-state index contributed by atoms with van der Waals surface area (Å²) in [6, 6.07) is 6.45. The van der Waals surface area contributed by atoms with Gasteiger partial charge < -0.3 is 14.6 Å². The Morgan fingerprint density at radius 1 is 1.43 bits per heavy atom. The van der Waals surface area contributed by atoms with Crippen LogP contribution in [0.1, 0.15) is 26.0 Å². The largest absolute Gasteiger partial charge is 0.369 e. The smallest absolute Gasteiger partial charge is 0.251 e. The maximum Gasteiger partial charge on any atom is 0.251 e. The highest BCUT2D eigenvalue weighted by Crippen LogP contribution is 2.17. The van der Waals surface area contributed by atoms with Crippen molar-refractivity contribution in [2.45, 2.75) is 32.9 Å². The third kappa shape index (κ3) is 3.82. The van der Waals surface area contributed by atoms with Crippen LogP contribution < -0.4 is 0 Å². The van der Waals surface area contributed by atoms with E-state index >= 15 is 0 Å². The van der Waals surface area contributed by atoms with E-state index in [0.29, 0.717) is 13.2 Å². The molecule has 0 aliphatic carbocycles. The van der Waals surface area contributed by atoms with E-state index in [4.69, 9.17) is 4.74 Å². The third-order valence-electron chi connectivity index (χ3n) is 3.34. The fourth-order valence-electron chi connectivity index (χ4n) is 2.26. The van der Waals surface area contributed by atoms with E-state index in [1.165, 1.54) is 12.1 Å². The Bertz CT molecular complexity index is 624. The van der Waals surface area contributed by atoms with Gasteiger partial charge in [0.2, 0.25) is 0 Å². The molecule has 5 heteroatoms. The second-order valence-corrected chi connectivity index (χ2v) is 5.23. The number of benzene rings is 1. The predicted octanol–water partition coefficient (Wildman–Crippen LogP) is 3.08. The quantitative estimate of drug-likeness (QED) is 0.889. The molecule has 0 saturated carbocycles. The van der Waals surface area contributed by atoms with E-state index in [-0.39, 0.29) is 11.7 Å². The van der Waals surface area contributed by atoms with E-state index in [9.17, 15) is 9.18 Å². The minimum Gasteiger partial charge on any atom is -0.369 e.